The quantitative estimate of drug-likeness (QED) is 0.315. The van der Waals surface area contributed by atoms with E-state index in [1.807, 2.05) is 66.7 Å². The summed E-state index contributed by atoms with van der Waals surface area (Å²) in [6, 6.07) is 30.5. The first-order valence-electron chi connectivity index (χ1n) is 12.0. The van der Waals surface area contributed by atoms with Crippen molar-refractivity contribution in [3.8, 4) is 5.75 Å². The third kappa shape index (κ3) is 5.35. The SMILES string of the molecule is Cc1ccc(OCCn2c(CCNC(=O)Cc3cccc4ccccc34)nc3ccccc32)cc1. The van der Waals surface area contributed by atoms with E-state index in [2.05, 4.69) is 41.1 Å². The third-order valence-corrected chi connectivity index (χ3v) is 6.24. The highest BCUT2D eigenvalue weighted by atomic mass is 16.5. The average molecular weight is 464 g/mol. The van der Waals surface area contributed by atoms with Crippen molar-refractivity contribution in [3.63, 3.8) is 0 Å². The van der Waals surface area contributed by atoms with Crippen LogP contribution in [0, 0.1) is 6.92 Å². The molecule has 0 saturated carbocycles. The van der Waals surface area contributed by atoms with Crippen molar-refractivity contribution in [2.75, 3.05) is 13.2 Å². The number of fused-ring (bicyclic) bond motifs is 2. The lowest BCUT2D eigenvalue weighted by molar-refractivity contribution is -0.120. The summed E-state index contributed by atoms with van der Waals surface area (Å²) in [4.78, 5) is 17.5. The van der Waals surface area contributed by atoms with Crippen molar-refractivity contribution in [2.45, 2.75) is 26.3 Å². The Balaban J connectivity index is 1.22. The summed E-state index contributed by atoms with van der Waals surface area (Å²) in [5.41, 5.74) is 4.29. The van der Waals surface area contributed by atoms with E-state index < -0.39 is 0 Å². The van der Waals surface area contributed by atoms with E-state index in [1.54, 1.807) is 0 Å². The van der Waals surface area contributed by atoms with Crippen LogP contribution in [0.15, 0.2) is 91.0 Å². The first-order chi connectivity index (χ1) is 17.2. The molecule has 0 fully saturated rings. The Morgan fingerprint density at radius 1 is 0.914 bits per heavy atom. The van der Waals surface area contributed by atoms with E-state index in [1.165, 1.54) is 5.56 Å². The van der Waals surface area contributed by atoms with Gasteiger partial charge in [0.05, 0.1) is 24.0 Å². The lowest BCUT2D eigenvalue weighted by Crippen LogP contribution is -2.28. The van der Waals surface area contributed by atoms with Crippen LogP contribution in [0.1, 0.15) is 17.0 Å². The molecule has 0 radical (unpaired) electrons. The zero-order chi connectivity index (χ0) is 24.0. The minimum Gasteiger partial charge on any atom is -0.492 e. The summed E-state index contributed by atoms with van der Waals surface area (Å²) in [5, 5.41) is 5.36. The van der Waals surface area contributed by atoms with Crippen LogP contribution >= 0.6 is 0 Å². The normalized spacial score (nSPS) is 11.1. The number of imidazole rings is 1. The fraction of sp³-hybridized carbons (Fsp3) is 0.200. The minimum absolute atomic E-state index is 0.0201. The predicted molar refractivity (Wildman–Crippen MR) is 141 cm³/mol. The van der Waals surface area contributed by atoms with Gasteiger partial charge in [-0.1, -0.05) is 72.3 Å². The highest BCUT2D eigenvalue weighted by molar-refractivity contribution is 5.90. The van der Waals surface area contributed by atoms with Gasteiger partial charge in [-0.25, -0.2) is 4.98 Å². The van der Waals surface area contributed by atoms with Gasteiger partial charge in [-0.2, -0.15) is 0 Å². The monoisotopic (exact) mass is 463 g/mol. The van der Waals surface area contributed by atoms with E-state index in [0.29, 0.717) is 32.5 Å². The third-order valence-electron chi connectivity index (χ3n) is 6.24. The Hall–Kier alpha value is -4.12. The summed E-state index contributed by atoms with van der Waals surface area (Å²) in [5.74, 6) is 1.83. The molecule has 0 spiro atoms. The number of rotatable bonds is 9. The van der Waals surface area contributed by atoms with Gasteiger partial charge in [0, 0.05) is 13.0 Å². The molecule has 0 atom stereocenters. The molecule has 0 aliphatic rings. The van der Waals surface area contributed by atoms with Crippen LogP contribution in [0.4, 0.5) is 0 Å². The number of hydrogen-bond acceptors (Lipinski definition) is 3. The molecule has 1 amide bonds. The molecule has 4 aromatic carbocycles. The number of carbonyl (C=O) groups is 1. The number of carbonyl (C=O) groups excluding carboxylic acids is 1. The van der Waals surface area contributed by atoms with Gasteiger partial charge in [-0.05, 0) is 47.5 Å². The summed E-state index contributed by atoms with van der Waals surface area (Å²) in [7, 11) is 0. The molecule has 1 aromatic heterocycles. The van der Waals surface area contributed by atoms with Gasteiger partial charge in [0.2, 0.25) is 5.91 Å². The van der Waals surface area contributed by atoms with Gasteiger partial charge in [-0.3, -0.25) is 4.79 Å². The molecule has 5 rings (SSSR count). The van der Waals surface area contributed by atoms with Crippen LogP contribution in [0.2, 0.25) is 0 Å². The van der Waals surface area contributed by atoms with Crippen molar-refractivity contribution in [1.29, 1.82) is 0 Å². The standard InChI is InChI=1S/C30H29N3O2/c1-22-13-15-25(16-14-22)35-20-19-33-28-12-5-4-11-27(28)32-29(33)17-18-31-30(34)21-24-9-6-8-23-7-2-3-10-26(23)24/h2-16H,17-21H2,1H3,(H,31,34). The van der Waals surface area contributed by atoms with Crippen molar-refractivity contribution >= 4 is 27.7 Å². The molecule has 0 aliphatic carbocycles. The minimum atomic E-state index is 0.0201. The van der Waals surface area contributed by atoms with Crippen LogP contribution in [0.3, 0.4) is 0 Å². The summed E-state index contributed by atoms with van der Waals surface area (Å²) in [6.45, 7) is 3.83. The summed E-state index contributed by atoms with van der Waals surface area (Å²) >= 11 is 0. The Bertz CT molecular complexity index is 1450. The molecule has 1 N–H and O–H groups in total. The molecule has 0 bridgehead atoms. The second-order valence-electron chi connectivity index (χ2n) is 8.74. The van der Waals surface area contributed by atoms with E-state index in [9.17, 15) is 4.79 Å². The number of nitrogens with zero attached hydrogens (tertiary/aromatic N) is 2. The molecule has 5 nitrogen and oxygen atoms in total. The molecule has 176 valence electrons. The number of hydrogen-bond donors (Lipinski definition) is 1. The highest BCUT2D eigenvalue weighted by Crippen LogP contribution is 2.19. The number of amides is 1. The Morgan fingerprint density at radius 2 is 1.69 bits per heavy atom. The van der Waals surface area contributed by atoms with E-state index in [4.69, 9.17) is 9.72 Å². The number of ether oxygens (including phenoxy) is 1. The number of para-hydroxylation sites is 2. The molecule has 0 aliphatic heterocycles. The van der Waals surface area contributed by atoms with Crippen molar-refractivity contribution in [3.05, 3.63) is 108 Å². The van der Waals surface area contributed by atoms with Crippen LogP contribution in [0.5, 0.6) is 5.75 Å². The fourth-order valence-electron chi connectivity index (χ4n) is 4.45. The number of benzene rings is 4. The Labute approximate surface area is 205 Å². The second kappa shape index (κ2) is 10.4. The van der Waals surface area contributed by atoms with Crippen LogP contribution < -0.4 is 10.1 Å². The fourth-order valence-corrected chi connectivity index (χ4v) is 4.45. The molecule has 0 saturated heterocycles. The van der Waals surface area contributed by atoms with Gasteiger partial charge in [0.15, 0.2) is 0 Å². The Kier molecular flexibility index (Phi) is 6.75. The number of nitrogens with one attached hydrogen (secondary N) is 1. The molecule has 5 aromatic rings. The first-order valence-corrected chi connectivity index (χ1v) is 12.0. The van der Waals surface area contributed by atoms with E-state index in [-0.39, 0.29) is 5.91 Å². The molecule has 5 heteroatoms. The largest absolute Gasteiger partial charge is 0.492 e. The summed E-state index contributed by atoms with van der Waals surface area (Å²) in [6.07, 6.45) is 1.02. The van der Waals surface area contributed by atoms with E-state index >= 15 is 0 Å². The average Bonchev–Trinajstić information content (AvgIpc) is 3.23. The van der Waals surface area contributed by atoms with Crippen LogP contribution in [-0.2, 0) is 24.2 Å². The molecule has 0 unspecified atom stereocenters. The molecular formula is C30H29N3O2. The lowest BCUT2D eigenvalue weighted by atomic mass is 10.0. The molecule has 35 heavy (non-hydrogen) atoms. The van der Waals surface area contributed by atoms with Gasteiger partial charge in [0.1, 0.15) is 18.2 Å². The molecule has 1 heterocycles. The van der Waals surface area contributed by atoms with Crippen molar-refractivity contribution in [2.24, 2.45) is 0 Å². The van der Waals surface area contributed by atoms with Crippen molar-refractivity contribution < 1.29 is 9.53 Å². The molecular weight excluding hydrogens is 434 g/mol. The maximum absolute atomic E-state index is 12.7. The summed E-state index contributed by atoms with van der Waals surface area (Å²) < 4.78 is 8.16. The topological polar surface area (TPSA) is 56.1 Å². The number of aryl methyl sites for hydroxylation is 1. The zero-order valence-corrected chi connectivity index (χ0v) is 19.9. The van der Waals surface area contributed by atoms with Gasteiger partial charge in [-0.15, -0.1) is 0 Å². The van der Waals surface area contributed by atoms with E-state index in [0.717, 1.165) is 38.9 Å². The van der Waals surface area contributed by atoms with Gasteiger partial charge < -0.3 is 14.6 Å². The Morgan fingerprint density at radius 3 is 2.57 bits per heavy atom. The predicted octanol–water partition coefficient (Wildman–Crippen LogP) is 5.48. The second-order valence-corrected chi connectivity index (χ2v) is 8.74. The zero-order valence-electron chi connectivity index (χ0n) is 19.9. The smallest absolute Gasteiger partial charge is 0.224 e. The van der Waals surface area contributed by atoms with Gasteiger partial charge in [0.25, 0.3) is 0 Å². The van der Waals surface area contributed by atoms with Crippen LogP contribution in [-0.4, -0.2) is 28.6 Å². The maximum Gasteiger partial charge on any atom is 0.224 e. The maximum atomic E-state index is 12.7. The van der Waals surface area contributed by atoms with Crippen molar-refractivity contribution in [1.82, 2.24) is 14.9 Å². The van der Waals surface area contributed by atoms with Gasteiger partial charge >= 0.3 is 0 Å². The first kappa shape index (κ1) is 22.7. The highest BCUT2D eigenvalue weighted by Gasteiger charge is 2.12. The van der Waals surface area contributed by atoms with Crippen LogP contribution in [0.25, 0.3) is 21.8 Å². The lowest BCUT2D eigenvalue weighted by Gasteiger charge is -2.12. The number of aromatic nitrogens is 2.